The van der Waals surface area contributed by atoms with Gasteiger partial charge in [0, 0.05) is 19.3 Å². The summed E-state index contributed by atoms with van der Waals surface area (Å²) in [4.78, 5) is 5.73. The number of hydrogen-bond acceptors (Lipinski definition) is 2. The fourth-order valence-corrected chi connectivity index (χ4v) is 2.07. The molecule has 1 aromatic rings. The maximum atomic E-state index is 12.4. The molecule has 1 aliphatic heterocycles. The third kappa shape index (κ3) is 2.83. The summed E-state index contributed by atoms with van der Waals surface area (Å²) in [5, 5.41) is 0.0572. The fraction of sp³-hybridized carbons (Fsp3) is 0.455. The van der Waals surface area contributed by atoms with E-state index in [2.05, 4.69) is 11.4 Å². The van der Waals surface area contributed by atoms with Crippen molar-refractivity contribution in [2.45, 2.75) is 19.0 Å². The number of rotatable bonds is 1. The highest BCUT2D eigenvalue weighted by atomic mass is 35.5. The van der Waals surface area contributed by atoms with Crippen LogP contribution in [0, 0.1) is 6.42 Å². The zero-order valence-electron chi connectivity index (χ0n) is 8.97. The highest BCUT2D eigenvalue weighted by Gasteiger charge is 2.32. The van der Waals surface area contributed by atoms with Crippen molar-refractivity contribution in [3.8, 4) is 0 Å². The molecule has 1 saturated heterocycles. The van der Waals surface area contributed by atoms with Gasteiger partial charge >= 0.3 is 6.18 Å². The van der Waals surface area contributed by atoms with Crippen LogP contribution in [0.15, 0.2) is 12.3 Å². The number of pyridine rings is 1. The molecule has 6 heteroatoms. The van der Waals surface area contributed by atoms with Crippen LogP contribution < -0.4 is 4.90 Å². The van der Waals surface area contributed by atoms with Crippen molar-refractivity contribution in [3.63, 3.8) is 0 Å². The van der Waals surface area contributed by atoms with E-state index in [1.165, 1.54) is 0 Å². The maximum absolute atomic E-state index is 12.4. The van der Waals surface area contributed by atoms with Crippen LogP contribution in [0.25, 0.3) is 0 Å². The van der Waals surface area contributed by atoms with E-state index in [-0.39, 0.29) is 5.02 Å². The number of halogens is 4. The third-order valence-electron chi connectivity index (χ3n) is 2.65. The molecule has 2 nitrogen and oxygen atoms in total. The largest absolute Gasteiger partial charge is 0.417 e. The van der Waals surface area contributed by atoms with Gasteiger partial charge < -0.3 is 4.90 Å². The Morgan fingerprint density at radius 2 is 1.88 bits per heavy atom. The Kier molecular flexibility index (Phi) is 3.47. The number of anilines is 1. The smallest absolute Gasteiger partial charge is 0.355 e. The van der Waals surface area contributed by atoms with Crippen molar-refractivity contribution in [3.05, 3.63) is 29.3 Å². The zero-order chi connectivity index (χ0) is 12.5. The van der Waals surface area contributed by atoms with E-state index in [9.17, 15) is 13.2 Å². The maximum Gasteiger partial charge on any atom is 0.417 e. The van der Waals surface area contributed by atoms with Gasteiger partial charge in [0.05, 0.1) is 10.6 Å². The molecule has 2 heterocycles. The summed E-state index contributed by atoms with van der Waals surface area (Å²) in [6.07, 6.45) is 0.386. The molecule has 1 aliphatic rings. The minimum atomic E-state index is -4.40. The first kappa shape index (κ1) is 12.5. The molecular formula is C11H11ClF3N2. The molecule has 1 fully saturated rings. The molecule has 17 heavy (non-hydrogen) atoms. The quantitative estimate of drug-likeness (QED) is 0.770. The topological polar surface area (TPSA) is 16.1 Å². The highest BCUT2D eigenvalue weighted by Crippen LogP contribution is 2.34. The summed E-state index contributed by atoms with van der Waals surface area (Å²) < 4.78 is 37.3. The second kappa shape index (κ2) is 4.72. The first-order valence-corrected chi connectivity index (χ1v) is 5.65. The standard InChI is InChI=1S/C11H11ClF3N2/c12-9-6-8(11(13,14)15)7-16-10(9)17-4-2-1-3-5-17/h1,6-7H,2-5H2. The summed E-state index contributed by atoms with van der Waals surface area (Å²) in [6.45, 7) is 1.50. The molecule has 93 valence electrons. The van der Waals surface area contributed by atoms with Gasteiger partial charge in [-0.3, -0.25) is 0 Å². The summed E-state index contributed by atoms with van der Waals surface area (Å²) in [5.74, 6) is 0.438. The molecule has 0 aromatic carbocycles. The second-order valence-corrected chi connectivity index (χ2v) is 4.29. The normalized spacial score (nSPS) is 17.3. The number of nitrogens with zero attached hydrogens (tertiary/aromatic N) is 2. The highest BCUT2D eigenvalue weighted by molar-refractivity contribution is 6.33. The van der Waals surface area contributed by atoms with Crippen molar-refractivity contribution < 1.29 is 13.2 Å². The molecule has 0 amide bonds. The van der Waals surface area contributed by atoms with Gasteiger partial charge in [-0.2, -0.15) is 13.2 Å². The first-order chi connectivity index (χ1) is 7.98. The van der Waals surface area contributed by atoms with E-state index < -0.39 is 11.7 Å². The molecule has 0 saturated carbocycles. The Hall–Kier alpha value is -0.970. The zero-order valence-corrected chi connectivity index (χ0v) is 9.72. The van der Waals surface area contributed by atoms with Crippen molar-refractivity contribution in [2.75, 3.05) is 18.0 Å². The second-order valence-electron chi connectivity index (χ2n) is 3.88. The van der Waals surface area contributed by atoms with Crippen LogP contribution in [0.4, 0.5) is 19.0 Å². The lowest BCUT2D eigenvalue weighted by Gasteiger charge is -2.28. The van der Waals surface area contributed by atoms with E-state index in [0.29, 0.717) is 5.82 Å². The molecule has 0 bridgehead atoms. The molecule has 2 rings (SSSR count). The average Bonchev–Trinajstić information content (AvgIpc) is 2.29. The summed E-state index contributed by atoms with van der Waals surface area (Å²) >= 11 is 5.85. The van der Waals surface area contributed by atoms with Gasteiger partial charge in [0.2, 0.25) is 0 Å². The Labute approximate surface area is 102 Å². The molecule has 1 aromatic heterocycles. The Bertz CT molecular complexity index is 400. The van der Waals surface area contributed by atoms with Crippen LogP contribution in [-0.4, -0.2) is 18.1 Å². The SMILES string of the molecule is FC(F)(F)c1cnc(N2CC[CH]CC2)c(Cl)c1. The van der Waals surface area contributed by atoms with Crippen molar-refractivity contribution in [1.82, 2.24) is 4.98 Å². The van der Waals surface area contributed by atoms with Crippen LogP contribution in [0.3, 0.4) is 0 Å². The predicted octanol–water partition coefficient (Wildman–Crippen LogP) is 3.56. The van der Waals surface area contributed by atoms with Gasteiger partial charge in [0.25, 0.3) is 0 Å². The molecule has 1 radical (unpaired) electrons. The molecule has 0 N–H and O–H groups in total. The van der Waals surface area contributed by atoms with Gasteiger partial charge in [-0.05, 0) is 25.3 Å². The van der Waals surface area contributed by atoms with Crippen LogP contribution in [0.5, 0.6) is 0 Å². The van der Waals surface area contributed by atoms with Gasteiger partial charge in [-0.15, -0.1) is 0 Å². The van der Waals surface area contributed by atoms with Crippen molar-refractivity contribution in [1.29, 1.82) is 0 Å². The van der Waals surface area contributed by atoms with Crippen LogP contribution in [0.2, 0.25) is 5.02 Å². The molecule has 0 atom stereocenters. The molecule has 0 unspecified atom stereocenters. The minimum Gasteiger partial charge on any atom is -0.355 e. The van der Waals surface area contributed by atoms with Gasteiger partial charge in [-0.1, -0.05) is 11.6 Å². The number of aromatic nitrogens is 1. The monoisotopic (exact) mass is 263 g/mol. The van der Waals surface area contributed by atoms with E-state index in [0.717, 1.165) is 38.2 Å². The first-order valence-electron chi connectivity index (χ1n) is 5.28. The lowest BCUT2D eigenvalue weighted by Crippen LogP contribution is -2.30. The third-order valence-corrected chi connectivity index (χ3v) is 2.93. The summed E-state index contributed by atoms with van der Waals surface area (Å²) in [7, 11) is 0. The number of piperidine rings is 1. The van der Waals surface area contributed by atoms with E-state index in [1.54, 1.807) is 0 Å². The van der Waals surface area contributed by atoms with Gasteiger partial charge in [0.1, 0.15) is 5.82 Å². The number of alkyl halides is 3. The van der Waals surface area contributed by atoms with Crippen LogP contribution in [0.1, 0.15) is 18.4 Å². The van der Waals surface area contributed by atoms with Gasteiger partial charge in [0.15, 0.2) is 0 Å². The molecular weight excluding hydrogens is 253 g/mol. The van der Waals surface area contributed by atoms with Crippen molar-refractivity contribution >= 4 is 17.4 Å². The minimum absolute atomic E-state index is 0.0572. The van der Waals surface area contributed by atoms with Crippen LogP contribution in [-0.2, 0) is 6.18 Å². The Morgan fingerprint density at radius 1 is 1.24 bits per heavy atom. The number of hydrogen-bond donors (Lipinski definition) is 0. The lowest BCUT2D eigenvalue weighted by atomic mass is 10.1. The van der Waals surface area contributed by atoms with Gasteiger partial charge in [-0.25, -0.2) is 4.98 Å². The molecule has 0 spiro atoms. The summed E-state index contributed by atoms with van der Waals surface area (Å²) in [6, 6.07) is 0.933. The van der Waals surface area contributed by atoms with E-state index in [4.69, 9.17) is 11.6 Å². The fourth-order valence-electron chi connectivity index (χ4n) is 1.78. The van der Waals surface area contributed by atoms with Crippen LogP contribution >= 0.6 is 11.6 Å². The van der Waals surface area contributed by atoms with Crippen molar-refractivity contribution in [2.24, 2.45) is 0 Å². The average molecular weight is 264 g/mol. The lowest BCUT2D eigenvalue weighted by molar-refractivity contribution is -0.137. The Morgan fingerprint density at radius 3 is 2.41 bits per heavy atom. The Balaban J connectivity index is 2.25. The van der Waals surface area contributed by atoms with E-state index >= 15 is 0 Å². The van der Waals surface area contributed by atoms with E-state index in [1.807, 2.05) is 4.90 Å². The predicted molar refractivity (Wildman–Crippen MR) is 60.0 cm³/mol. The summed E-state index contributed by atoms with van der Waals surface area (Å²) in [5.41, 5.74) is -0.810. The molecule has 0 aliphatic carbocycles.